The summed E-state index contributed by atoms with van der Waals surface area (Å²) in [7, 11) is -3.34. The summed E-state index contributed by atoms with van der Waals surface area (Å²) in [5, 5.41) is -1.21. The van der Waals surface area contributed by atoms with Crippen LogP contribution in [0.5, 0.6) is 0 Å². The highest BCUT2D eigenvalue weighted by molar-refractivity contribution is 7.93. The molecule has 1 atom stereocenters. The van der Waals surface area contributed by atoms with Gasteiger partial charge in [0.25, 0.3) is 0 Å². The molecule has 1 fully saturated rings. The number of rotatable bonds is 5. The molecule has 104 valence electrons. The minimum Gasteiger partial charge on any atom is -0.302 e. The number of carbonyl (C=O) groups excluding carboxylic acids is 1. The van der Waals surface area contributed by atoms with Crippen molar-refractivity contribution >= 4 is 16.1 Å². The van der Waals surface area contributed by atoms with Crippen molar-refractivity contribution in [1.82, 2.24) is 0 Å². The third-order valence-electron chi connectivity index (χ3n) is 3.87. The van der Waals surface area contributed by atoms with Gasteiger partial charge < -0.3 is 4.79 Å². The molecule has 0 heterocycles. The van der Waals surface area contributed by atoms with Crippen LogP contribution in [0.15, 0.2) is 30.3 Å². The van der Waals surface area contributed by atoms with Gasteiger partial charge in [0.2, 0.25) is 0 Å². The van der Waals surface area contributed by atoms with Gasteiger partial charge in [0.1, 0.15) is 11.5 Å². The SMILES string of the molecule is O=C[C@H](Cc1ccccc1)S(=O)(=O)C1CCCCC1. The van der Waals surface area contributed by atoms with Gasteiger partial charge in [-0.2, -0.15) is 0 Å². The molecule has 0 unspecified atom stereocenters. The fourth-order valence-corrected chi connectivity index (χ4v) is 4.79. The van der Waals surface area contributed by atoms with Crippen molar-refractivity contribution in [2.45, 2.75) is 49.0 Å². The van der Waals surface area contributed by atoms with E-state index in [0.29, 0.717) is 25.5 Å². The molecule has 0 bridgehead atoms. The predicted octanol–water partition coefficient (Wildman–Crippen LogP) is 2.54. The van der Waals surface area contributed by atoms with Gasteiger partial charge in [-0.05, 0) is 24.8 Å². The van der Waals surface area contributed by atoms with Gasteiger partial charge in [0.15, 0.2) is 9.84 Å². The zero-order chi connectivity index (χ0) is 13.7. The molecule has 1 aliphatic carbocycles. The van der Waals surface area contributed by atoms with Crippen molar-refractivity contribution in [3.63, 3.8) is 0 Å². The number of benzene rings is 1. The van der Waals surface area contributed by atoms with Gasteiger partial charge in [-0.25, -0.2) is 8.42 Å². The maximum absolute atomic E-state index is 12.5. The lowest BCUT2D eigenvalue weighted by atomic mass is 10.0. The molecule has 1 aliphatic rings. The first-order chi connectivity index (χ1) is 9.14. The summed E-state index contributed by atoms with van der Waals surface area (Å²) in [5.41, 5.74) is 0.902. The highest BCUT2D eigenvalue weighted by atomic mass is 32.2. The largest absolute Gasteiger partial charge is 0.302 e. The smallest absolute Gasteiger partial charge is 0.163 e. The molecule has 0 aliphatic heterocycles. The highest BCUT2D eigenvalue weighted by Gasteiger charge is 2.34. The molecule has 1 saturated carbocycles. The fourth-order valence-electron chi connectivity index (χ4n) is 2.73. The number of sulfone groups is 1. The average molecular weight is 280 g/mol. The van der Waals surface area contributed by atoms with Crippen molar-refractivity contribution in [3.05, 3.63) is 35.9 Å². The molecule has 0 saturated heterocycles. The molecule has 0 spiro atoms. The normalized spacial score (nSPS) is 18.9. The van der Waals surface area contributed by atoms with E-state index in [1.54, 1.807) is 0 Å². The molecule has 1 aromatic rings. The minimum atomic E-state index is -3.34. The molecule has 0 radical (unpaired) electrons. The second-order valence-corrected chi connectivity index (χ2v) is 7.66. The van der Waals surface area contributed by atoms with Crippen LogP contribution in [0.2, 0.25) is 0 Å². The molecule has 0 aromatic heterocycles. The van der Waals surface area contributed by atoms with E-state index in [4.69, 9.17) is 0 Å². The van der Waals surface area contributed by atoms with E-state index in [9.17, 15) is 13.2 Å². The molecule has 1 aromatic carbocycles. The van der Waals surface area contributed by atoms with Gasteiger partial charge in [-0.15, -0.1) is 0 Å². The van der Waals surface area contributed by atoms with Gasteiger partial charge >= 0.3 is 0 Å². The van der Waals surface area contributed by atoms with E-state index in [2.05, 4.69) is 0 Å². The quantitative estimate of drug-likeness (QED) is 0.779. The summed E-state index contributed by atoms with van der Waals surface area (Å²) < 4.78 is 25.0. The summed E-state index contributed by atoms with van der Waals surface area (Å²) in [4.78, 5) is 11.2. The summed E-state index contributed by atoms with van der Waals surface area (Å²) in [5.74, 6) is 0. The first-order valence-corrected chi connectivity index (χ1v) is 8.47. The zero-order valence-corrected chi connectivity index (χ0v) is 11.8. The third kappa shape index (κ3) is 3.44. The van der Waals surface area contributed by atoms with Crippen LogP contribution in [-0.4, -0.2) is 25.2 Å². The second kappa shape index (κ2) is 6.33. The van der Waals surface area contributed by atoms with Crippen molar-refractivity contribution < 1.29 is 13.2 Å². The van der Waals surface area contributed by atoms with E-state index in [1.165, 1.54) is 0 Å². The summed E-state index contributed by atoms with van der Waals surface area (Å²) in [6.45, 7) is 0. The fraction of sp³-hybridized carbons (Fsp3) is 0.533. The summed E-state index contributed by atoms with van der Waals surface area (Å²) >= 11 is 0. The lowest BCUT2D eigenvalue weighted by molar-refractivity contribution is -0.107. The summed E-state index contributed by atoms with van der Waals surface area (Å²) in [6.07, 6.45) is 5.35. The highest BCUT2D eigenvalue weighted by Crippen LogP contribution is 2.27. The molecule has 4 heteroatoms. The van der Waals surface area contributed by atoms with Crippen LogP contribution in [0, 0.1) is 0 Å². The Morgan fingerprint density at radius 2 is 1.74 bits per heavy atom. The van der Waals surface area contributed by atoms with E-state index >= 15 is 0 Å². The molecular weight excluding hydrogens is 260 g/mol. The van der Waals surface area contributed by atoms with Crippen molar-refractivity contribution in [2.75, 3.05) is 0 Å². The van der Waals surface area contributed by atoms with Crippen LogP contribution in [-0.2, 0) is 21.1 Å². The molecule has 2 rings (SSSR count). The van der Waals surface area contributed by atoms with E-state index in [0.717, 1.165) is 24.8 Å². The Bertz CT molecular complexity index is 501. The number of carbonyl (C=O) groups is 1. The maximum atomic E-state index is 12.5. The Labute approximate surface area is 114 Å². The average Bonchev–Trinajstić information content (AvgIpc) is 2.46. The molecule has 0 N–H and O–H groups in total. The van der Waals surface area contributed by atoms with Crippen LogP contribution in [0.1, 0.15) is 37.7 Å². The van der Waals surface area contributed by atoms with Gasteiger partial charge in [0.05, 0.1) is 5.25 Å². The van der Waals surface area contributed by atoms with Gasteiger partial charge in [-0.1, -0.05) is 49.6 Å². The molecular formula is C15H20O3S. The number of hydrogen-bond donors (Lipinski definition) is 0. The van der Waals surface area contributed by atoms with E-state index in [1.807, 2.05) is 30.3 Å². The monoisotopic (exact) mass is 280 g/mol. The number of hydrogen-bond acceptors (Lipinski definition) is 3. The first kappa shape index (κ1) is 14.3. The third-order valence-corrected chi connectivity index (χ3v) is 6.39. The van der Waals surface area contributed by atoms with Gasteiger partial charge in [0, 0.05) is 0 Å². The standard InChI is InChI=1S/C15H20O3S/c16-12-15(11-13-7-3-1-4-8-13)19(17,18)14-9-5-2-6-10-14/h1,3-4,7-8,12,14-15H,2,5-6,9-11H2/t15-/m0/s1. The maximum Gasteiger partial charge on any atom is 0.163 e. The summed E-state index contributed by atoms with van der Waals surface area (Å²) in [6, 6.07) is 9.35. The second-order valence-electron chi connectivity index (χ2n) is 5.21. The van der Waals surface area contributed by atoms with E-state index in [-0.39, 0.29) is 5.25 Å². The lowest BCUT2D eigenvalue weighted by Crippen LogP contribution is -2.36. The van der Waals surface area contributed by atoms with E-state index < -0.39 is 15.1 Å². The Balaban J connectivity index is 2.14. The Kier molecular flexibility index (Phi) is 4.75. The zero-order valence-electron chi connectivity index (χ0n) is 11.0. The van der Waals surface area contributed by atoms with Crippen molar-refractivity contribution in [1.29, 1.82) is 0 Å². The minimum absolute atomic E-state index is 0.295. The van der Waals surface area contributed by atoms with Gasteiger partial charge in [-0.3, -0.25) is 0 Å². The molecule has 19 heavy (non-hydrogen) atoms. The van der Waals surface area contributed by atoms with Crippen molar-refractivity contribution in [2.24, 2.45) is 0 Å². The van der Waals surface area contributed by atoms with Crippen LogP contribution < -0.4 is 0 Å². The Hall–Kier alpha value is -1.16. The van der Waals surface area contributed by atoms with Crippen molar-refractivity contribution in [3.8, 4) is 0 Å². The van der Waals surface area contributed by atoms with Crippen LogP contribution in [0.4, 0.5) is 0 Å². The molecule has 0 amide bonds. The Morgan fingerprint density at radius 1 is 1.11 bits per heavy atom. The lowest BCUT2D eigenvalue weighted by Gasteiger charge is -2.24. The van der Waals surface area contributed by atoms with Crippen LogP contribution in [0.25, 0.3) is 0 Å². The van der Waals surface area contributed by atoms with Crippen LogP contribution >= 0.6 is 0 Å². The topological polar surface area (TPSA) is 51.2 Å². The van der Waals surface area contributed by atoms with Crippen LogP contribution in [0.3, 0.4) is 0 Å². The predicted molar refractivity (Wildman–Crippen MR) is 75.8 cm³/mol. The Morgan fingerprint density at radius 3 is 2.32 bits per heavy atom. The molecule has 3 nitrogen and oxygen atoms in total. The number of aldehydes is 1. The first-order valence-electron chi connectivity index (χ1n) is 6.86.